The quantitative estimate of drug-likeness (QED) is 0.154. The Balaban J connectivity index is 0.000000861. The molecule has 1 fully saturated rings. The third kappa shape index (κ3) is 8.93. The lowest BCUT2D eigenvalue weighted by atomic mass is 9.78. The number of fused-ring (bicyclic) bond motifs is 7. The highest BCUT2D eigenvalue weighted by Crippen LogP contribution is 2.62. The van der Waals surface area contributed by atoms with E-state index in [2.05, 4.69) is 161 Å². The maximum Gasteiger partial charge on any atom is 0.372 e. The third-order valence-corrected chi connectivity index (χ3v) is 13.1. The van der Waals surface area contributed by atoms with Crippen molar-refractivity contribution in [1.82, 2.24) is 5.32 Å². The first-order chi connectivity index (χ1) is 29.0. The average Bonchev–Trinajstić information content (AvgIpc) is 3.36. The Bertz CT molecular complexity index is 2380. The molecule has 2 aliphatic heterocycles. The van der Waals surface area contributed by atoms with Crippen molar-refractivity contribution in [2.24, 2.45) is 0 Å². The van der Waals surface area contributed by atoms with E-state index in [1.165, 1.54) is 33.4 Å². The Kier molecular flexibility index (Phi) is 13.2. The minimum atomic E-state index is -5.00. The second kappa shape index (κ2) is 18.1. The van der Waals surface area contributed by atoms with Crippen LogP contribution < -0.4 is 19.3 Å². The van der Waals surface area contributed by atoms with E-state index >= 15 is 0 Å². The Morgan fingerprint density at radius 2 is 0.836 bits per heavy atom. The van der Waals surface area contributed by atoms with Crippen molar-refractivity contribution in [3.05, 3.63) is 118 Å². The standard InChI is InChI=1S/C50H57O4P.C4H9NO/c1-27(2)35-23-39(29(5)6)45(40(24-35)30(7)8)43-21-33-17-13-15-19-37(33)47-48-38-20-16-14-18-34(38)22-44(50(48)54-55(51,52)53-49(43)47)46-41(31(9)10)25-36(28(3)4)26-42(46)32(11)12;1-3-6-4-2-5-1/h13-32H,1-12H3,(H,51,52);5H,1-4H2/p-1. The zero-order valence-electron chi connectivity index (χ0n) is 38.4. The fraction of sp³-hybridized carbons (Fsp3) is 0.407. The molecule has 0 aliphatic carbocycles. The normalized spacial score (nSPS) is 14.9. The van der Waals surface area contributed by atoms with Gasteiger partial charge in [0.2, 0.25) is 0 Å². The highest BCUT2D eigenvalue weighted by Gasteiger charge is 2.35. The van der Waals surface area contributed by atoms with Gasteiger partial charge in [0.05, 0.1) is 13.2 Å². The van der Waals surface area contributed by atoms with Crippen molar-refractivity contribution in [2.45, 2.75) is 119 Å². The number of benzene rings is 6. The summed E-state index contributed by atoms with van der Waals surface area (Å²) in [5.74, 6) is 2.01. The van der Waals surface area contributed by atoms with Gasteiger partial charge in [-0.05, 0) is 114 Å². The van der Waals surface area contributed by atoms with Gasteiger partial charge in [0, 0.05) is 35.3 Å². The second-order valence-corrected chi connectivity index (χ2v) is 20.0. The summed E-state index contributed by atoms with van der Waals surface area (Å²) in [6.07, 6.45) is 0. The number of phosphoric acid groups is 1. The first-order valence-corrected chi connectivity index (χ1v) is 23.9. The molecule has 0 spiro atoms. The molecule has 7 heteroatoms. The number of nitrogens with one attached hydrogen (secondary N) is 1. The highest BCUT2D eigenvalue weighted by molar-refractivity contribution is 7.46. The summed E-state index contributed by atoms with van der Waals surface area (Å²) in [7, 11) is -5.00. The molecular weight excluding hydrogens is 774 g/mol. The Labute approximate surface area is 364 Å². The molecule has 6 aromatic rings. The van der Waals surface area contributed by atoms with Crippen LogP contribution in [0.15, 0.2) is 84.9 Å². The van der Waals surface area contributed by atoms with E-state index in [0.29, 0.717) is 23.3 Å². The third-order valence-electron chi connectivity index (χ3n) is 12.3. The van der Waals surface area contributed by atoms with E-state index in [9.17, 15) is 9.46 Å². The highest BCUT2D eigenvalue weighted by atomic mass is 31.2. The van der Waals surface area contributed by atoms with Crippen LogP contribution in [-0.4, -0.2) is 26.3 Å². The SMILES string of the molecule is C1COCCN1.CC(C)c1cc(C(C)C)c(-c2cc3ccccc3c3c2OP(=O)([O-])Oc2c(-c4c(C(C)C)cc(C(C)C)cc4C(C)C)cc4ccccc4c2-3)c(C(C)C)c1. The molecule has 8 rings (SSSR count). The molecule has 6 aromatic carbocycles. The molecule has 0 bridgehead atoms. The van der Waals surface area contributed by atoms with Crippen LogP contribution in [0.4, 0.5) is 0 Å². The lowest BCUT2D eigenvalue weighted by Crippen LogP contribution is -2.30. The number of hydrogen-bond donors (Lipinski definition) is 1. The monoisotopic (exact) mass is 838 g/mol. The summed E-state index contributed by atoms with van der Waals surface area (Å²) in [5.41, 5.74) is 12.3. The molecule has 0 atom stereocenters. The van der Waals surface area contributed by atoms with Gasteiger partial charge in [-0.2, -0.15) is 0 Å². The van der Waals surface area contributed by atoms with Gasteiger partial charge in [0.15, 0.2) is 0 Å². The van der Waals surface area contributed by atoms with Gasteiger partial charge in [-0.25, -0.2) is 4.57 Å². The zero-order chi connectivity index (χ0) is 43.9. The Morgan fingerprint density at radius 1 is 0.492 bits per heavy atom. The molecule has 0 radical (unpaired) electrons. The Morgan fingerprint density at radius 3 is 1.11 bits per heavy atom. The van der Waals surface area contributed by atoms with E-state index in [1.807, 2.05) is 12.1 Å². The summed E-state index contributed by atoms with van der Waals surface area (Å²) in [4.78, 5) is 14.6. The number of ether oxygens (including phenoxy) is 1. The van der Waals surface area contributed by atoms with Crippen molar-refractivity contribution in [3.63, 3.8) is 0 Å². The number of morpholine rings is 1. The molecule has 6 nitrogen and oxygen atoms in total. The summed E-state index contributed by atoms with van der Waals surface area (Å²) in [5, 5.41) is 7.00. The van der Waals surface area contributed by atoms with E-state index in [4.69, 9.17) is 13.8 Å². The Hall–Kier alpha value is -4.45. The van der Waals surface area contributed by atoms with Crippen molar-refractivity contribution < 1.29 is 23.2 Å². The van der Waals surface area contributed by atoms with Crippen LogP contribution in [-0.2, 0) is 9.30 Å². The van der Waals surface area contributed by atoms with Crippen LogP contribution in [0, 0.1) is 0 Å². The maximum atomic E-state index is 14.6. The summed E-state index contributed by atoms with van der Waals surface area (Å²) >= 11 is 0. The van der Waals surface area contributed by atoms with E-state index in [-0.39, 0.29) is 23.7 Å². The van der Waals surface area contributed by atoms with Crippen LogP contribution in [0.25, 0.3) is 54.9 Å². The molecule has 0 saturated carbocycles. The van der Waals surface area contributed by atoms with Gasteiger partial charge in [-0.1, -0.05) is 156 Å². The number of hydrogen-bond acceptors (Lipinski definition) is 6. The molecule has 0 unspecified atom stereocenters. The van der Waals surface area contributed by atoms with Crippen molar-refractivity contribution in [3.8, 4) is 44.9 Å². The molecule has 1 saturated heterocycles. The van der Waals surface area contributed by atoms with Crippen LogP contribution in [0.2, 0.25) is 0 Å². The smallest absolute Gasteiger partial charge is 0.372 e. The molecular formula is C54H65NO5P-. The van der Waals surface area contributed by atoms with Crippen molar-refractivity contribution >= 4 is 29.4 Å². The molecule has 2 heterocycles. The average molecular weight is 839 g/mol. The topological polar surface area (TPSA) is 79.9 Å². The van der Waals surface area contributed by atoms with Crippen molar-refractivity contribution in [2.75, 3.05) is 26.3 Å². The van der Waals surface area contributed by atoms with Gasteiger partial charge in [0.1, 0.15) is 11.5 Å². The lowest BCUT2D eigenvalue weighted by Gasteiger charge is -2.28. The molecule has 2 aliphatic rings. The number of phosphoric ester groups is 1. The summed E-state index contributed by atoms with van der Waals surface area (Å²) < 4.78 is 32.4. The zero-order valence-corrected chi connectivity index (χ0v) is 39.3. The number of rotatable bonds is 8. The minimum absolute atomic E-state index is 0.173. The van der Waals surface area contributed by atoms with Crippen LogP contribution in [0.1, 0.15) is 152 Å². The summed E-state index contributed by atoms with van der Waals surface area (Å²) in [6, 6.07) is 30.1. The fourth-order valence-electron chi connectivity index (χ4n) is 9.01. The maximum absolute atomic E-state index is 14.6. The molecule has 322 valence electrons. The van der Waals surface area contributed by atoms with Gasteiger partial charge in [-0.15, -0.1) is 0 Å². The van der Waals surface area contributed by atoms with Gasteiger partial charge in [-0.3, -0.25) is 0 Å². The second-order valence-electron chi connectivity index (χ2n) is 18.8. The van der Waals surface area contributed by atoms with E-state index in [1.54, 1.807) is 0 Å². The van der Waals surface area contributed by atoms with Crippen molar-refractivity contribution in [1.29, 1.82) is 0 Å². The van der Waals surface area contributed by atoms with Crippen LogP contribution in [0.3, 0.4) is 0 Å². The summed E-state index contributed by atoms with van der Waals surface area (Å²) in [6.45, 7) is 30.5. The minimum Gasteiger partial charge on any atom is -0.736 e. The predicted octanol–water partition coefficient (Wildman–Crippen LogP) is 14.6. The molecule has 1 N–H and O–H groups in total. The first kappa shape index (κ1) is 44.6. The lowest BCUT2D eigenvalue weighted by molar-refractivity contribution is -0.208. The molecule has 0 aromatic heterocycles. The van der Waals surface area contributed by atoms with E-state index in [0.717, 1.165) is 81.2 Å². The largest absolute Gasteiger partial charge is 0.736 e. The van der Waals surface area contributed by atoms with Gasteiger partial charge < -0.3 is 24.0 Å². The fourth-order valence-corrected chi connectivity index (χ4v) is 9.87. The first-order valence-electron chi connectivity index (χ1n) is 22.5. The molecule has 61 heavy (non-hydrogen) atoms. The van der Waals surface area contributed by atoms with Gasteiger partial charge in [0.25, 0.3) is 0 Å². The van der Waals surface area contributed by atoms with E-state index < -0.39 is 7.82 Å². The van der Waals surface area contributed by atoms with Gasteiger partial charge >= 0.3 is 7.82 Å². The van der Waals surface area contributed by atoms with Crippen LogP contribution >= 0.6 is 7.82 Å². The molecule has 0 amide bonds. The van der Waals surface area contributed by atoms with Crippen LogP contribution in [0.5, 0.6) is 11.5 Å². The predicted molar refractivity (Wildman–Crippen MR) is 255 cm³/mol.